The van der Waals surface area contributed by atoms with Crippen LogP contribution in [0.5, 0.6) is 0 Å². The summed E-state index contributed by atoms with van der Waals surface area (Å²) in [6.45, 7) is 5.31. The molecule has 0 bridgehead atoms. The second-order valence-corrected chi connectivity index (χ2v) is 12.0. The van der Waals surface area contributed by atoms with Gasteiger partial charge in [-0.05, 0) is 43.2 Å². The third-order valence-corrected chi connectivity index (χ3v) is 8.02. The van der Waals surface area contributed by atoms with E-state index >= 15 is 0 Å². The normalized spacial score (nSPS) is 15.4. The highest BCUT2D eigenvalue weighted by atomic mass is 16.7. The molecule has 2 aromatic carbocycles. The Morgan fingerprint density at radius 1 is 0.898 bits per heavy atom. The Kier molecular flexibility index (Phi) is 17.1. The summed E-state index contributed by atoms with van der Waals surface area (Å²) in [4.78, 5) is 58.5. The first kappa shape index (κ1) is 39.0. The molecule has 1 fully saturated rings. The van der Waals surface area contributed by atoms with Crippen LogP contribution in [0.15, 0.2) is 65.7 Å². The lowest BCUT2D eigenvalue weighted by Crippen LogP contribution is -2.57. The Hall–Kier alpha value is -4.49. The number of nitrogens with two attached hydrogens (primary N) is 2. The molecule has 4 amide bonds. The van der Waals surface area contributed by atoms with Crippen molar-refractivity contribution in [3.63, 3.8) is 0 Å². The van der Waals surface area contributed by atoms with Crippen molar-refractivity contribution >= 4 is 29.8 Å². The lowest BCUT2D eigenvalue weighted by molar-refractivity contribution is -0.165. The Labute approximate surface area is 289 Å². The van der Waals surface area contributed by atoms with Gasteiger partial charge in [-0.2, -0.15) is 0 Å². The number of carbonyl (C=O) groups is 4. The fraction of sp³-hybridized carbons (Fsp3) is 0.528. The van der Waals surface area contributed by atoms with Crippen LogP contribution in [0.4, 0.5) is 4.79 Å². The first-order valence-corrected chi connectivity index (χ1v) is 17.2. The molecule has 1 saturated heterocycles. The van der Waals surface area contributed by atoms with Gasteiger partial charge in [-0.15, -0.1) is 0 Å². The number of amides is 4. The van der Waals surface area contributed by atoms with E-state index in [1.54, 1.807) is 12.1 Å². The van der Waals surface area contributed by atoms with Crippen molar-refractivity contribution in [2.24, 2.45) is 16.5 Å². The van der Waals surface area contributed by atoms with Crippen molar-refractivity contribution < 1.29 is 33.4 Å². The molecule has 0 unspecified atom stereocenters. The largest absolute Gasteiger partial charge is 0.444 e. The summed E-state index contributed by atoms with van der Waals surface area (Å²) in [7, 11) is 0. The maximum Gasteiger partial charge on any atom is 0.417 e. The molecule has 0 spiro atoms. The number of imide groups is 1. The van der Waals surface area contributed by atoms with E-state index in [0.717, 1.165) is 41.7 Å². The minimum atomic E-state index is -1.13. The molecule has 268 valence electrons. The van der Waals surface area contributed by atoms with E-state index in [1.165, 1.54) is 0 Å². The molecule has 3 rings (SSSR count). The molecule has 13 heteroatoms. The Balaban J connectivity index is 1.80. The van der Waals surface area contributed by atoms with Crippen LogP contribution in [0.2, 0.25) is 0 Å². The van der Waals surface area contributed by atoms with Gasteiger partial charge >= 0.3 is 6.09 Å². The quantitative estimate of drug-likeness (QED) is 0.0662. The van der Waals surface area contributed by atoms with Crippen LogP contribution < -0.4 is 22.1 Å². The number of aliphatic imine (C=N–C) groups is 1. The predicted molar refractivity (Wildman–Crippen MR) is 186 cm³/mol. The molecule has 6 N–H and O–H groups in total. The second-order valence-electron chi connectivity index (χ2n) is 12.0. The molecule has 0 aromatic heterocycles. The van der Waals surface area contributed by atoms with Crippen molar-refractivity contribution in [2.45, 2.75) is 103 Å². The Morgan fingerprint density at radius 3 is 2.10 bits per heavy atom. The molecule has 0 saturated carbocycles. The van der Waals surface area contributed by atoms with Gasteiger partial charge in [-0.25, -0.2) is 9.69 Å². The second kappa shape index (κ2) is 21.5. The highest BCUT2D eigenvalue weighted by Gasteiger charge is 2.42. The number of nitrogens with zero attached hydrogens (tertiary/aromatic N) is 2. The van der Waals surface area contributed by atoms with Gasteiger partial charge in [0.2, 0.25) is 17.7 Å². The van der Waals surface area contributed by atoms with Gasteiger partial charge in [0, 0.05) is 32.6 Å². The monoisotopic (exact) mass is 680 g/mol. The number of unbranched alkanes of at least 4 members (excludes halogenated alkanes) is 2. The van der Waals surface area contributed by atoms with E-state index in [-0.39, 0.29) is 31.8 Å². The number of hydrogen-bond donors (Lipinski definition) is 4. The van der Waals surface area contributed by atoms with Crippen LogP contribution in [0.3, 0.4) is 0 Å². The van der Waals surface area contributed by atoms with E-state index in [9.17, 15) is 19.2 Å². The highest BCUT2D eigenvalue weighted by molar-refractivity contribution is 6.01. The fourth-order valence-electron chi connectivity index (χ4n) is 5.32. The van der Waals surface area contributed by atoms with Crippen molar-refractivity contribution in [1.29, 1.82) is 0 Å². The van der Waals surface area contributed by atoms with Crippen molar-refractivity contribution in [1.82, 2.24) is 15.5 Å². The fourth-order valence-corrected chi connectivity index (χ4v) is 5.32. The molecule has 1 aliphatic rings. The minimum absolute atomic E-state index is 0.00216. The van der Waals surface area contributed by atoms with E-state index < -0.39 is 48.2 Å². The smallest absolute Gasteiger partial charge is 0.417 e. The number of likely N-dealkylation sites (tertiary alicyclic amines) is 1. The molecule has 0 radical (unpaired) electrons. The van der Waals surface area contributed by atoms with Gasteiger partial charge in [0.1, 0.15) is 18.7 Å². The summed E-state index contributed by atoms with van der Waals surface area (Å²) in [5, 5.41) is 5.90. The number of benzene rings is 2. The standard InChI is InChI=1S/C36H52N6O7/c1-3-5-22-47-34(48-23-6-4-2)28(18-13-21-39-35(37)38)40-32(44)29(24-26-14-9-7-10-15-26)41-33(45)30-19-20-31(43)42(30)36(46)49-25-27-16-11-8-12-17-27/h7-12,14-17,28-30,34H,3-6,13,18-25H2,1-2H3,(H,40,44)(H,41,45)(H4,37,38,39)/t28-,29-,30-/m0/s1. The number of nitrogens with one attached hydrogen (secondary N) is 2. The SMILES string of the molecule is CCCCOC(OCCCC)[C@H](CCCN=C(N)N)NC(=O)[C@H](Cc1ccccc1)NC(=O)[C@@H]1CCC(=O)N1C(=O)OCc1ccccc1. The number of carbonyl (C=O) groups excluding carboxylic acids is 4. The van der Waals surface area contributed by atoms with Gasteiger partial charge in [0.05, 0.1) is 6.04 Å². The number of ether oxygens (including phenoxy) is 3. The maximum absolute atomic E-state index is 14.1. The van der Waals surface area contributed by atoms with E-state index in [1.807, 2.05) is 48.5 Å². The van der Waals surface area contributed by atoms with E-state index in [2.05, 4.69) is 29.5 Å². The van der Waals surface area contributed by atoms with Gasteiger partial charge in [-0.3, -0.25) is 19.4 Å². The number of rotatable bonds is 21. The molecular weight excluding hydrogens is 628 g/mol. The third-order valence-electron chi connectivity index (χ3n) is 8.02. The van der Waals surface area contributed by atoms with Crippen LogP contribution >= 0.6 is 0 Å². The van der Waals surface area contributed by atoms with Gasteiger partial charge in [-0.1, -0.05) is 87.4 Å². The Bertz CT molecular complexity index is 1330. The van der Waals surface area contributed by atoms with Crippen LogP contribution in [0.1, 0.15) is 76.3 Å². The van der Waals surface area contributed by atoms with Crippen LogP contribution in [-0.2, 0) is 41.6 Å². The van der Waals surface area contributed by atoms with Crippen LogP contribution in [-0.4, -0.2) is 78.8 Å². The summed E-state index contributed by atoms with van der Waals surface area (Å²) in [6, 6.07) is 15.6. The lowest BCUT2D eigenvalue weighted by Gasteiger charge is -2.30. The summed E-state index contributed by atoms with van der Waals surface area (Å²) in [5.74, 6) is -1.63. The van der Waals surface area contributed by atoms with Crippen molar-refractivity contribution in [3.05, 3.63) is 71.8 Å². The summed E-state index contributed by atoms with van der Waals surface area (Å²) in [6.07, 6.45) is 3.08. The molecule has 1 heterocycles. The zero-order valence-corrected chi connectivity index (χ0v) is 28.7. The molecule has 0 aliphatic carbocycles. The van der Waals surface area contributed by atoms with Crippen LogP contribution in [0.25, 0.3) is 0 Å². The Morgan fingerprint density at radius 2 is 1.51 bits per heavy atom. The molecule has 2 aromatic rings. The topological polar surface area (TPSA) is 188 Å². The lowest BCUT2D eigenvalue weighted by atomic mass is 10.0. The summed E-state index contributed by atoms with van der Waals surface area (Å²) in [5.41, 5.74) is 12.6. The molecular formula is C36H52N6O7. The van der Waals surface area contributed by atoms with Crippen LogP contribution in [0, 0.1) is 0 Å². The average molecular weight is 681 g/mol. The zero-order valence-electron chi connectivity index (χ0n) is 28.7. The van der Waals surface area contributed by atoms with E-state index in [4.69, 9.17) is 25.7 Å². The van der Waals surface area contributed by atoms with E-state index in [0.29, 0.717) is 32.6 Å². The van der Waals surface area contributed by atoms with Crippen molar-refractivity contribution in [2.75, 3.05) is 19.8 Å². The molecule has 49 heavy (non-hydrogen) atoms. The van der Waals surface area contributed by atoms with Gasteiger partial charge < -0.3 is 36.3 Å². The first-order valence-electron chi connectivity index (χ1n) is 17.2. The highest BCUT2D eigenvalue weighted by Crippen LogP contribution is 2.21. The molecule has 13 nitrogen and oxygen atoms in total. The summed E-state index contributed by atoms with van der Waals surface area (Å²) < 4.78 is 17.7. The number of hydrogen-bond acceptors (Lipinski definition) is 8. The predicted octanol–water partition coefficient (Wildman–Crippen LogP) is 3.54. The van der Waals surface area contributed by atoms with Gasteiger partial charge in [0.25, 0.3) is 0 Å². The average Bonchev–Trinajstić information content (AvgIpc) is 3.49. The summed E-state index contributed by atoms with van der Waals surface area (Å²) >= 11 is 0. The first-order chi connectivity index (χ1) is 23.7. The van der Waals surface area contributed by atoms with Gasteiger partial charge in [0.15, 0.2) is 12.2 Å². The maximum atomic E-state index is 14.1. The molecule has 1 aliphatic heterocycles. The minimum Gasteiger partial charge on any atom is -0.444 e. The third kappa shape index (κ3) is 13.5. The zero-order chi connectivity index (χ0) is 35.4. The molecule has 3 atom stereocenters. The number of guanidine groups is 1. The van der Waals surface area contributed by atoms with Crippen molar-refractivity contribution in [3.8, 4) is 0 Å².